The molecule has 0 aliphatic carbocycles. The van der Waals surface area contributed by atoms with Crippen LogP contribution >= 0.6 is 15.9 Å². The summed E-state index contributed by atoms with van der Waals surface area (Å²) in [5.41, 5.74) is 1.01. The fourth-order valence-corrected chi connectivity index (χ4v) is 2.84. The molecule has 2 N–H and O–H groups in total. The fraction of sp³-hybridized carbons (Fsp3) is 0.158. The van der Waals surface area contributed by atoms with E-state index < -0.39 is 5.91 Å². The van der Waals surface area contributed by atoms with Gasteiger partial charge in [0.2, 0.25) is 5.91 Å². The van der Waals surface area contributed by atoms with Crippen molar-refractivity contribution >= 4 is 38.5 Å². The van der Waals surface area contributed by atoms with Gasteiger partial charge in [-0.15, -0.1) is 0 Å². The Morgan fingerprint density at radius 1 is 1.08 bits per heavy atom. The third-order valence-electron chi connectivity index (χ3n) is 3.86. The first-order valence-corrected chi connectivity index (χ1v) is 8.64. The number of hydrogen-bond donors (Lipinski definition) is 2. The third kappa shape index (κ3) is 4.28. The largest absolute Gasteiger partial charge is 0.444 e. The van der Waals surface area contributed by atoms with Crippen molar-refractivity contribution in [1.29, 1.82) is 0 Å². The van der Waals surface area contributed by atoms with Crippen molar-refractivity contribution in [2.75, 3.05) is 6.54 Å². The maximum atomic E-state index is 12.1. The van der Waals surface area contributed by atoms with E-state index in [1.165, 1.54) is 6.07 Å². The van der Waals surface area contributed by atoms with E-state index in [-0.39, 0.29) is 24.3 Å². The van der Waals surface area contributed by atoms with Crippen molar-refractivity contribution in [2.45, 2.75) is 13.0 Å². The van der Waals surface area contributed by atoms with E-state index in [0.717, 1.165) is 16.3 Å². The first-order chi connectivity index (χ1) is 12.0. The number of furan rings is 1. The average Bonchev–Trinajstić information content (AvgIpc) is 3.05. The Kier molecular flexibility index (Phi) is 5.19. The molecule has 1 heterocycles. The van der Waals surface area contributed by atoms with Gasteiger partial charge < -0.3 is 15.1 Å². The Hall–Kier alpha value is -2.60. The van der Waals surface area contributed by atoms with Crippen LogP contribution in [0.2, 0.25) is 0 Å². The molecule has 2 aromatic carbocycles. The zero-order chi connectivity index (χ0) is 17.8. The van der Waals surface area contributed by atoms with Crippen LogP contribution in [0, 0.1) is 0 Å². The summed E-state index contributed by atoms with van der Waals surface area (Å²) < 4.78 is 5.61. The van der Waals surface area contributed by atoms with Crippen molar-refractivity contribution in [2.24, 2.45) is 0 Å². The Bertz CT molecular complexity index is 920. The normalized spacial score (nSPS) is 11.9. The van der Waals surface area contributed by atoms with Crippen molar-refractivity contribution in [3.63, 3.8) is 0 Å². The lowest BCUT2D eigenvalue weighted by Gasteiger charge is -2.15. The fourth-order valence-electron chi connectivity index (χ4n) is 2.54. The van der Waals surface area contributed by atoms with Crippen LogP contribution in [0.5, 0.6) is 0 Å². The van der Waals surface area contributed by atoms with Gasteiger partial charge >= 0.3 is 0 Å². The molecule has 0 aliphatic heterocycles. The van der Waals surface area contributed by atoms with E-state index in [4.69, 9.17) is 4.42 Å². The van der Waals surface area contributed by atoms with Gasteiger partial charge in [-0.1, -0.05) is 36.4 Å². The minimum absolute atomic E-state index is 0.116. The molecule has 0 spiro atoms. The summed E-state index contributed by atoms with van der Waals surface area (Å²) in [6, 6.07) is 17.1. The Morgan fingerprint density at radius 2 is 1.84 bits per heavy atom. The molecule has 6 heteroatoms. The van der Waals surface area contributed by atoms with Crippen LogP contribution < -0.4 is 10.6 Å². The molecule has 0 radical (unpaired) electrons. The number of nitrogens with one attached hydrogen (secondary N) is 2. The van der Waals surface area contributed by atoms with Crippen molar-refractivity contribution in [3.05, 3.63) is 70.6 Å². The number of halogens is 1. The lowest BCUT2D eigenvalue weighted by atomic mass is 10.0. The zero-order valence-corrected chi connectivity index (χ0v) is 15.2. The molecule has 3 aromatic rings. The lowest BCUT2D eigenvalue weighted by molar-refractivity contribution is -0.120. The molecule has 25 heavy (non-hydrogen) atoms. The highest BCUT2D eigenvalue weighted by Gasteiger charge is 2.14. The first-order valence-electron chi connectivity index (χ1n) is 7.84. The molecule has 0 aliphatic rings. The molecule has 0 saturated heterocycles. The molecule has 1 atom stereocenters. The second kappa shape index (κ2) is 7.53. The number of fused-ring (bicyclic) bond motifs is 1. The highest BCUT2D eigenvalue weighted by molar-refractivity contribution is 9.10. The molecule has 5 nitrogen and oxygen atoms in total. The molecular weight excluding hydrogens is 384 g/mol. The van der Waals surface area contributed by atoms with Crippen LogP contribution in [0.3, 0.4) is 0 Å². The molecule has 3 rings (SSSR count). The molecule has 1 aromatic heterocycles. The second-order valence-electron chi connectivity index (χ2n) is 5.68. The van der Waals surface area contributed by atoms with Crippen LogP contribution in [-0.2, 0) is 4.79 Å². The van der Waals surface area contributed by atoms with E-state index in [9.17, 15) is 9.59 Å². The van der Waals surface area contributed by atoms with Crippen molar-refractivity contribution < 1.29 is 14.0 Å². The van der Waals surface area contributed by atoms with E-state index >= 15 is 0 Å². The van der Waals surface area contributed by atoms with Gasteiger partial charge in [-0.2, -0.15) is 0 Å². The number of benzene rings is 2. The lowest BCUT2D eigenvalue weighted by Crippen LogP contribution is -2.37. The third-order valence-corrected chi connectivity index (χ3v) is 4.28. The summed E-state index contributed by atoms with van der Waals surface area (Å²) >= 11 is 3.13. The second-order valence-corrected chi connectivity index (χ2v) is 6.46. The van der Waals surface area contributed by atoms with Crippen LogP contribution in [-0.4, -0.2) is 18.4 Å². The van der Waals surface area contributed by atoms with Gasteiger partial charge in [0, 0.05) is 0 Å². The van der Waals surface area contributed by atoms with Gasteiger partial charge in [0.05, 0.1) is 12.6 Å². The van der Waals surface area contributed by atoms with Gasteiger partial charge in [0.1, 0.15) is 0 Å². The molecule has 0 bridgehead atoms. The maximum Gasteiger partial charge on any atom is 0.287 e. The molecule has 0 saturated carbocycles. The van der Waals surface area contributed by atoms with Crippen LogP contribution in [0.25, 0.3) is 10.8 Å². The molecule has 1 unspecified atom stereocenters. The predicted octanol–water partition coefficient (Wildman–Crippen LogP) is 3.80. The van der Waals surface area contributed by atoms with Crippen LogP contribution in [0.1, 0.15) is 29.1 Å². The topological polar surface area (TPSA) is 71.3 Å². The highest BCUT2D eigenvalue weighted by Crippen LogP contribution is 2.20. The summed E-state index contributed by atoms with van der Waals surface area (Å²) in [7, 11) is 0. The summed E-state index contributed by atoms with van der Waals surface area (Å²) in [6.45, 7) is 1.79. The van der Waals surface area contributed by atoms with Crippen molar-refractivity contribution in [3.8, 4) is 0 Å². The van der Waals surface area contributed by atoms with Crippen molar-refractivity contribution in [1.82, 2.24) is 10.6 Å². The first kappa shape index (κ1) is 17.2. The van der Waals surface area contributed by atoms with Gasteiger partial charge in [0.25, 0.3) is 5.91 Å². The number of rotatable bonds is 5. The summed E-state index contributed by atoms with van der Waals surface area (Å²) in [6.07, 6.45) is 0. The van der Waals surface area contributed by atoms with E-state index in [2.05, 4.69) is 32.6 Å². The number of hydrogen-bond acceptors (Lipinski definition) is 3. The number of carbonyl (C=O) groups excluding carboxylic acids is 2. The summed E-state index contributed by atoms with van der Waals surface area (Å²) in [5, 5.41) is 7.69. The quantitative estimate of drug-likeness (QED) is 0.683. The Morgan fingerprint density at radius 3 is 2.56 bits per heavy atom. The van der Waals surface area contributed by atoms with Gasteiger partial charge in [0.15, 0.2) is 10.4 Å². The van der Waals surface area contributed by atoms with E-state index in [0.29, 0.717) is 4.67 Å². The molecular formula is C19H17BrN2O3. The van der Waals surface area contributed by atoms with Crippen LogP contribution in [0.15, 0.2) is 63.7 Å². The Labute approximate surface area is 153 Å². The zero-order valence-electron chi connectivity index (χ0n) is 13.6. The minimum atomic E-state index is -0.431. The van der Waals surface area contributed by atoms with Gasteiger partial charge in [-0.05, 0) is 57.4 Å². The Balaban J connectivity index is 1.57. The average molecular weight is 401 g/mol. The number of carbonyl (C=O) groups is 2. The summed E-state index contributed by atoms with van der Waals surface area (Å²) in [4.78, 5) is 23.9. The molecule has 2 amide bonds. The minimum Gasteiger partial charge on any atom is -0.444 e. The van der Waals surface area contributed by atoms with Gasteiger partial charge in [-0.3, -0.25) is 9.59 Å². The van der Waals surface area contributed by atoms with Crippen LogP contribution in [0.4, 0.5) is 0 Å². The van der Waals surface area contributed by atoms with E-state index in [1.54, 1.807) is 6.07 Å². The monoisotopic (exact) mass is 400 g/mol. The highest BCUT2D eigenvalue weighted by atomic mass is 79.9. The van der Waals surface area contributed by atoms with E-state index in [1.807, 2.05) is 43.3 Å². The standard InChI is InChI=1S/C19H17BrN2O3/c1-12(14-7-6-13-4-2-3-5-15(13)10-14)22-18(23)11-21-19(24)16-8-9-17(20)25-16/h2-10,12H,11H2,1H3,(H,21,24)(H,22,23). The summed E-state index contributed by atoms with van der Waals surface area (Å²) in [5.74, 6) is -0.541. The molecule has 128 valence electrons. The SMILES string of the molecule is CC(NC(=O)CNC(=O)c1ccc(Br)o1)c1ccc2ccccc2c1. The smallest absolute Gasteiger partial charge is 0.287 e. The maximum absolute atomic E-state index is 12.1. The molecule has 0 fully saturated rings. The predicted molar refractivity (Wildman–Crippen MR) is 99.2 cm³/mol. The van der Waals surface area contributed by atoms with Gasteiger partial charge in [-0.25, -0.2) is 0 Å². The number of amides is 2.